The summed E-state index contributed by atoms with van der Waals surface area (Å²) in [4.78, 5) is 13.9. The number of nitrogens with zero attached hydrogens (tertiary/aromatic N) is 4. The summed E-state index contributed by atoms with van der Waals surface area (Å²) in [6.45, 7) is 7.48. The summed E-state index contributed by atoms with van der Waals surface area (Å²) in [6, 6.07) is 3.85. The highest BCUT2D eigenvalue weighted by Crippen LogP contribution is 2.08. The SMILES string of the molecule is CCN(CCC#N)C(=O)c1cc(C)nn1CC. The molecule has 0 aliphatic carbocycles. The molecule has 0 saturated carbocycles. The normalized spacial score (nSPS) is 10.0. The minimum Gasteiger partial charge on any atom is -0.337 e. The van der Waals surface area contributed by atoms with Crippen molar-refractivity contribution in [3.8, 4) is 6.07 Å². The molecular weight excluding hydrogens is 216 g/mol. The number of hydrogen-bond acceptors (Lipinski definition) is 3. The largest absolute Gasteiger partial charge is 0.337 e. The van der Waals surface area contributed by atoms with Crippen molar-refractivity contribution < 1.29 is 4.79 Å². The molecular formula is C12H18N4O. The van der Waals surface area contributed by atoms with E-state index in [4.69, 9.17) is 5.26 Å². The van der Waals surface area contributed by atoms with E-state index in [1.807, 2.05) is 20.8 Å². The predicted octanol–water partition coefficient (Wildman–Crippen LogP) is 1.59. The fraction of sp³-hybridized carbons (Fsp3) is 0.583. The van der Waals surface area contributed by atoms with Gasteiger partial charge in [-0.15, -0.1) is 0 Å². The van der Waals surface area contributed by atoms with Crippen LogP contribution in [0.2, 0.25) is 0 Å². The van der Waals surface area contributed by atoms with E-state index < -0.39 is 0 Å². The molecule has 0 fully saturated rings. The molecule has 92 valence electrons. The van der Waals surface area contributed by atoms with Crippen molar-refractivity contribution >= 4 is 5.91 Å². The minimum absolute atomic E-state index is 0.0507. The van der Waals surface area contributed by atoms with Gasteiger partial charge in [0.1, 0.15) is 5.69 Å². The van der Waals surface area contributed by atoms with Crippen LogP contribution in [-0.2, 0) is 6.54 Å². The second-order valence-electron chi connectivity index (χ2n) is 3.78. The minimum atomic E-state index is -0.0507. The van der Waals surface area contributed by atoms with Gasteiger partial charge in [-0.3, -0.25) is 9.48 Å². The first-order valence-electron chi connectivity index (χ1n) is 5.84. The van der Waals surface area contributed by atoms with Crippen molar-refractivity contribution in [1.29, 1.82) is 5.26 Å². The predicted molar refractivity (Wildman–Crippen MR) is 64.4 cm³/mol. The lowest BCUT2D eigenvalue weighted by atomic mass is 10.3. The molecule has 1 aromatic rings. The highest BCUT2D eigenvalue weighted by Gasteiger charge is 2.18. The summed E-state index contributed by atoms with van der Waals surface area (Å²) in [7, 11) is 0. The van der Waals surface area contributed by atoms with Crippen molar-refractivity contribution in [2.75, 3.05) is 13.1 Å². The maximum absolute atomic E-state index is 12.2. The van der Waals surface area contributed by atoms with Crippen molar-refractivity contribution in [3.63, 3.8) is 0 Å². The van der Waals surface area contributed by atoms with Gasteiger partial charge in [0.2, 0.25) is 0 Å². The summed E-state index contributed by atoms with van der Waals surface area (Å²) < 4.78 is 1.70. The third-order valence-electron chi connectivity index (χ3n) is 2.58. The zero-order valence-electron chi connectivity index (χ0n) is 10.6. The maximum Gasteiger partial charge on any atom is 0.272 e. The smallest absolute Gasteiger partial charge is 0.272 e. The Morgan fingerprint density at radius 3 is 2.82 bits per heavy atom. The quantitative estimate of drug-likeness (QED) is 0.777. The van der Waals surface area contributed by atoms with Crippen LogP contribution in [0, 0.1) is 18.3 Å². The molecule has 1 amide bonds. The first kappa shape index (κ1) is 13.2. The fourth-order valence-electron chi connectivity index (χ4n) is 1.71. The molecule has 1 heterocycles. The van der Waals surface area contributed by atoms with Gasteiger partial charge in [-0.05, 0) is 26.8 Å². The lowest BCUT2D eigenvalue weighted by Gasteiger charge is -2.19. The average Bonchev–Trinajstić information content (AvgIpc) is 2.71. The lowest BCUT2D eigenvalue weighted by molar-refractivity contribution is 0.0755. The standard InChI is InChI=1S/C12H18N4O/c1-4-15(8-6-7-13)12(17)11-9-10(3)14-16(11)5-2/h9H,4-6,8H2,1-3H3. The van der Waals surface area contributed by atoms with Crippen LogP contribution < -0.4 is 0 Å². The van der Waals surface area contributed by atoms with Gasteiger partial charge in [-0.25, -0.2) is 0 Å². The van der Waals surface area contributed by atoms with Gasteiger partial charge in [-0.2, -0.15) is 10.4 Å². The maximum atomic E-state index is 12.2. The van der Waals surface area contributed by atoms with Crippen LogP contribution >= 0.6 is 0 Å². The van der Waals surface area contributed by atoms with Gasteiger partial charge in [0.15, 0.2) is 0 Å². The van der Waals surface area contributed by atoms with E-state index in [2.05, 4.69) is 11.2 Å². The number of carbonyl (C=O) groups excluding carboxylic acids is 1. The molecule has 0 spiro atoms. The van der Waals surface area contributed by atoms with E-state index in [1.54, 1.807) is 15.6 Å². The second-order valence-corrected chi connectivity index (χ2v) is 3.78. The molecule has 0 saturated heterocycles. The Morgan fingerprint density at radius 2 is 2.29 bits per heavy atom. The lowest BCUT2D eigenvalue weighted by Crippen LogP contribution is -2.33. The van der Waals surface area contributed by atoms with Crippen LogP contribution in [0.1, 0.15) is 36.5 Å². The molecule has 1 rings (SSSR count). The first-order chi connectivity index (χ1) is 8.13. The molecule has 0 bridgehead atoms. The third kappa shape index (κ3) is 3.06. The van der Waals surface area contributed by atoms with Gasteiger partial charge < -0.3 is 4.90 Å². The van der Waals surface area contributed by atoms with Gasteiger partial charge >= 0.3 is 0 Å². The van der Waals surface area contributed by atoms with Crippen LogP contribution in [-0.4, -0.2) is 33.7 Å². The van der Waals surface area contributed by atoms with Crippen molar-refractivity contribution in [2.45, 2.75) is 33.7 Å². The number of rotatable bonds is 5. The molecule has 5 heteroatoms. The molecule has 17 heavy (non-hydrogen) atoms. The summed E-state index contributed by atoms with van der Waals surface area (Å²) in [5.74, 6) is -0.0507. The van der Waals surface area contributed by atoms with E-state index in [0.717, 1.165) is 5.69 Å². The molecule has 0 atom stereocenters. The van der Waals surface area contributed by atoms with Crippen LogP contribution in [0.4, 0.5) is 0 Å². The Labute approximate surface area is 102 Å². The summed E-state index contributed by atoms with van der Waals surface area (Å²) in [6.07, 6.45) is 0.360. The van der Waals surface area contributed by atoms with Gasteiger partial charge in [0.05, 0.1) is 18.2 Å². The number of nitriles is 1. The molecule has 0 aromatic carbocycles. The Hall–Kier alpha value is -1.83. The molecule has 0 radical (unpaired) electrons. The Balaban J connectivity index is 2.89. The number of aryl methyl sites for hydroxylation is 2. The topological polar surface area (TPSA) is 61.9 Å². The molecule has 5 nitrogen and oxygen atoms in total. The van der Waals surface area contributed by atoms with Gasteiger partial charge in [0, 0.05) is 19.6 Å². The second kappa shape index (κ2) is 6.04. The molecule has 0 unspecified atom stereocenters. The first-order valence-corrected chi connectivity index (χ1v) is 5.84. The highest BCUT2D eigenvalue weighted by molar-refractivity contribution is 5.92. The zero-order valence-corrected chi connectivity index (χ0v) is 10.6. The molecule has 1 aromatic heterocycles. The Morgan fingerprint density at radius 1 is 1.59 bits per heavy atom. The Kier molecular flexibility index (Phi) is 4.70. The number of amides is 1. The van der Waals surface area contributed by atoms with Crippen molar-refractivity contribution in [3.05, 3.63) is 17.5 Å². The van der Waals surface area contributed by atoms with Crippen LogP contribution in [0.15, 0.2) is 6.07 Å². The van der Waals surface area contributed by atoms with Crippen molar-refractivity contribution in [1.82, 2.24) is 14.7 Å². The number of hydrogen-bond donors (Lipinski definition) is 0. The van der Waals surface area contributed by atoms with Gasteiger partial charge in [-0.1, -0.05) is 0 Å². The summed E-state index contributed by atoms with van der Waals surface area (Å²) in [5.41, 5.74) is 1.44. The molecule has 0 aliphatic rings. The monoisotopic (exact) mass is 234 g/mol. The fourth-order valence-corrected chi connectivity index (χ4v) is 1.71. The van der Waals surface area contributed by atoms with Crippen molar-refractivity contribution in [2.24, 2.45) is 0 Å². The van der Waals surface area contributed by atoms with E-state index in [-0.39, 0.29) is 5.91 Å². The van der Waals surface area contributed by atoms with Crippen LogP contribution in [0.5, 0.6) is 0 Å². The average molecular weight is 234 g/mol. The highest BCUT2D eigenvalue weighted by atomic mass is 16.2. The van der Waals surface area contributed by atoms with Crippen LogP contribution in [0.25, 0.3) is 0 Å². The van der Waals surface area contributed by atoms with Gasteiger partial charge in [0.25, 0.3) is 5.91 Å². The number of carbonyl (C=O) groups is 1. The van der Waals surface area contributed by atoms with E-state index in [1.165, 1.54) is 0 Å². The zero-order chi connectivity index (χ0) is 12.8. The van der Waals surface area contributed by atoms with Crippen LogP contribution in [0.3, 0.4) is 0 Å². The summed E-state index contributed by atoms with van der Waals surface area (Å²) in [5, 5.41) is 12.8. The molecule has 0 N–H and O–H groups in total. The summed E-state index contributed by atoms with van der Waals surface area (Å²) >= 11 is 0. The van der Waals surface area contributed by atoms with E-state index >= 15 is 0 Å². The Bertz CT molecular complexity index is 430. The van der Waals surface area contributed by atoms with E-state index in [9.17, 15) is 4.79 Å². The number of aromatic nitrogens is 2. The molecule has 0 aliphatic heterocycles. The third-order valence-corrected chi connectivity index (χ3v) is 2.58. The van der Waals surface area contributed by atoms with E-state index in [0.29, 0.717) is 31.7 Å².